The first-order valence-corrected chi connectivity index (χ1v) is 9.20. The number of aromatic nitrogens is 3. The average molecular weight is 365 g/mol. The van der Waals surface area contributed by atoms with Crippen LogP contribution in [0.5, 0.6) is 5.75 Å². The lowest BCUT2D eigenvalue weighted by Crippen LogP contribution is -2.37. The third-order valence-corrected chi connectivity index (χ3v) is 4.98. The second-order valence-electron chi connectivity index (χ2n) is 6.94. The van der Waals surface area contributed by atoms with Crippen LogP contribution in [-0.2, 0) is 17.9 Å². The first kappa shape index (κ1) is 17.5. The van der Waals surface area contributed by atoms with Crippen molar-refractivity contribution in [2.75, 3.05) is 13.1 Å². The van der Waals surface area contributed by atoms with E-state index in [1.807, 2.05) is 47.3 Å². The molecule has 1 aromatic carbocycles. The number of nitrogens with two attached hydrogens (primary N) is 1. The Labute approximate surface area is 157 Å². The number of likely N-dealkylation sites (tertiary alicyclic amines) is 1. The van der Waals surface area contributed by atoms with E-state index in [0.29, 0.717) is 0 Å². The SMILES string of the molecule is NC(=O)Cn1ccc2c(OC3CCN(Cc4ccnnc4)CC3)cccc21. The van der Waals surface area contributed by atoms with E-state index in [9.17, 15) is 4.79 Å². The fourth-order valence-corrected chi connectivity index (χ4v) is 3.64. The molecule has 3 heterocycles. The van der Waals surface area contributed by atoms with Gasteiger partial charge in [-0.1, -0.05) is 6.07 Å². The lowest BCUT2D eigenvalue weighted by molar-refractivity contribution is -0.118. The Hall–Kier alpha value is -2.93. The van der Waals surface area contributed by atoms with Gasteiger partial charge in [-0.15, -0.1) is 0 Å². The quantitative estimate of drug-likeness (QED) is 0.722. The molecule has 0 aliphatic carbocycles. The summed E-state index contributed by atoms with van der Waals surface area (Å²) >= 11 is 0. The minimum Gasteiger partial charge on any atom is -0.490 e. The number of piperidine rings is 1. The minimum absolute atomic E-state index is 0.176. The number of hydrogen-bond donors (Lipinski definition) is 1. The fourth-order valence-electron chi connectivity index (χ4n) is 3.64. The van der Waals surface area contributed by atoms with Crippen LogP contribution in [-0.4, -0.2) is 44.8 Å². The van der Waals surface area contributed by atoms with Crippen molar-refractivity contribution in [2.45, 2.75) is 32.0 Å². The molecule has 1 fully saturated rings. The predicted octanol–water partition coefficient (Wildman–Crippen LogP) is 1.96. The molecule has 7 nitrogen and oxygen atoms in total. The number of benzene rings is 1. The summed E-state index contributed by atoms with van der Waals surface area (Å²) in [5.74, 6) is 0.517. The van der Waals surface area contributed by atoms with Crippen molar-refractivity contribution in [3.63, 3.8) is 0 Å². The smallest absolute Gasteiger partial charge is 0.237 e. The number of primary amides is 1. The molecule has 7 heteroatoms. The molecule has 2 aromatic heterocycles. The lowest BCUT2D eigenvalue weighted by Gasteiger charge is -2.32. The zero-order valence-electron chi connectivity index (χ0n) is 15.1. The Kier molecular flexibility index (Phi) is 5.02. The van der Waals surface area contributed by atoms with Crippen LogP contribution in [0.4, 0.5) is 0 Å². The molecule has 0 radical (unpaired) electrons. The van der Waals surface area contributed by atoms with Crippen molar-refractivity contribution in [1.82, 2.24) is 19.7 Å². The first-order valence-electron chi connectivity index (χ1n) is 9.20. The molecule has 1 aliphatic heterocycles. The van der Waals surface area contributed by atoms with E-state index >= 15 is 0 Å². The van der Waals surface area contributed by atoms with Gasteiger partial charge in [0.05, 0.1) is 11.7 Å². The van der Waals surface area contributed by atoms with Crippen molar-refractivity contribution < 1.29 is 9.53 Å². The molecular formula is C20H23N5O2. The zero-order valence-corrected chi connectivity index (χ0v) is 15.1. The third kappa shape index (κ3) is 4.09. The maximum Gasteiger partial charge on any atom is 0.237 e. The molecule has 0 unspecified atom stereocenters. The van der Waals surface area contributed by atoms with Crippen molar-refractivity contribution in [3.8, 4) is 5.75 Å². The Morgan fingerprint density at radius 3 is 2.78 bits per heavy atom. The second-order valence-corrected chi connectivity index (χ2v) is 6.94. The van der Waals surface area contributed by atoms with Gasteiger partial charge in [0.25, 0.3) is 0 Å². The molecule has 3 aromatic rings. The van der Waals surface area contributed by atoms with Crippen molar-refractivity contribution in [1.29, 1.82) is 0 Å². The number of fused-ring (bicyclic) bond motifs is 1. The van der Waals surface area contributed by atoms with E-state index < -0.39 is 0 Å². The number of amides is 1. The van der Waals surface area contributed by atoms with E-state index in [1.54, 1.807) is 6.20 Å². The topological polar surface area (TPSA) is 86.3 Å². The van der Waals surface area contributed by atoms with Gasteiger partial charge in [0.15, 0.2) is 0 Å². The van der Waals surface area contributed by atoms with E-state index in [4.69, 9.17) is 10.5 Å². The van der Waals surface area contributed by atoms with Gasteiger partial charge >= 0.3 is 0 Å². The standard InChI is InChI=1S/C20H23N5O2/c21-20(26)14-25-11-7-17-18(25)2-1-3-19(17)27-16-5-9-24(10-6-16)13-15-4-8-22-23-12-15/h1-4,7-8,11-12,16H,5-6,9-10,13-14H2,(H2,21,26). The summed E-state index contributed by atoms with van der Waals surface area (Å²) in [6, 6.07) is 9.93. The van der Waals surface area contributed by atoms with Crippen LogP contribution in [0, 0.1) is 0 Å². The number of carbonyl (C=O) groups excluding carboxylic acids is 1. The highest BCUT2D eigenvalue weighted by atomic mass is 16.5. The third-order valence-electron chi connectivity index (χ3n) is 4.98. The normalized spacial score (nSPS) is 15.9. The van der Waals surface area contributed by atoms with E-state index in [-0.39, 0.29) is 18.6 Å². The lowest BCUT2D eigenvalue weighted by atomic mass is 10.1. The van der Waals surface area contributed by atoms with Gasteiger partial charge in [-0.2, -0.15) is 10.2 Å². The summed E-state index contributed by atoms with van der Waals surface area (Å²) in [7, 11) is 0. The Morgan fingerprint density at radius 2 is 2.04 bits per heavy atom. The summed E-state index contributed by atoms with van der Waals surface area (Å²) in [6.45, 7) is 3.06. The van der Waals surface area contributed by atoms with Crippen LogP contribution in [0.25, 0.3) is 10.9 Å². The highest BCUT2D eigenvalue weighted by Crippen LogP contribution is 2.29. The van der Waals surface area contributed by atoms with Gasteiger partial charge in [0, 0.05) is 37.4 Å². The highest BCUT2D eigenvalue weighted by Gasteiger charge is 2.21. The monoisotopic (exact) mass is 365 g/mol. The molecule has 27 heavy (non-hydrogen) atoms. The average Bonchev–Trinajstić information content (AvgIpc) is 3.08. The minimum atomic E-state index is -0.351. The largest absolute Gasteiger partial charge is 0.490 e. The molecule has 140 valence electrons. The van der Waals surface area contributed by atoms with Gasteiger partial charge in [-0.05, 0) is 42.7 Å². The van der Waals surface area contributed by atoms with E-state index in [2.05, 4.69) is 15.1 Å². The number of ether oxygens (including phenoxy) is 1. The van der Waals surface area contributed by atoms with Crippen LogP contribution in [0.1, 0.15) is 18.4 Å². The van der Waals surface area contributed by atoms with E-state index in [0.717, 1.165) is 49.1 Å². The summed E-state index contributed by atoms with van der Waals surface area (Å²) in [4.78, 5) is 13.6. The Bertz CT molecular complexity index is 917. The van der Waals surface area contributed by atoms with Crippen LogP contribution in [0.2, 0.25) is 0 Å². The van der Waals surface area contributed by atoms with Gasteiger partial charge < -0.3 is 15.0 Å². The van der Waals surface area contributed by atoms with Crippen LogP contribution in [0.15, 0.2) is 48.9 Å². The summed E-state index contributed by atoms with van der Waals surface area (Å²) in [6.07, 6.45) is 7.60. The van der Waals surface area contributed by atoms with Gasteiger partial charge in [-0.3, -0.25) is 9.69 Å². The fraction of sp³-hybridized carbons (Fsp3) is 0.350. The zero-order chi connectivity index (χ0) is 18.6. The summed E-state index contributed by atoms with van der Waals surface area (Å²) < 4.78 is 8.16. The number of hydrogen-bond acceptors (Lipinski definition) is 5. The van der Waals surface area contributed by atoms with Gasteiger partial charge in [0.2, 0.25) is 5.91 Å². The summed E-state index contributed by atoms with van der Waals surface area (Å²) in [5.41, 5.74) is 7.48. The second kappa shape index (κ2) is 7.75. The van der Waals surface area contributed by atoms with Crippen molar-refractivity contribution in [2.24, 2.45) is 5.73 Å². The van der Waals surface area contributed by atoms with Gasteiger partial charge in [-0.25, -0.2) is 0 Å². The summed E-state index contributed by atoms with van der Waals surface area (Å²) in [5, 5.41) is 8.78. The molecule has 0 bridgehead atoms. The predicted molar refractivity (Wildman–Crippen MR) is 102 cm³/mol. The van der Waals surface area contributed by atoms with Crippen molar-refractivity contribution in [3.05, 3.63) is 54.5 Å². The molecule has 1 saturated heterocycles. The first-order chi connectivity index (χ1) is 13.2. The van der Waals surface area contributed by atoms with Crippen LogP contribution < -0.4 is 10.5 Å². The van der Waals surface area contributed by atoms with Crippen molar-refractivity contribution >= 4 is 16.8 Å². The molecule has 0 saturated carbocycles. The van der Waals surface area contributed by atoms with Crippen LogP contribution in [0.3, 0.4) is 0 Å². The highest BCUT2D eigenvalue weighted by molar-refractivity contribution is 5.87. The Morgan fingerprint density at radius 1 is 1.19 bits per heavy atom. The molecule has 0 atom stereocenters. The molecule has 4 rings (SSSR count). The molecule has 0 spiro atoms. The van der Waals surface area contributed by atoms with Crippen LogP contribution >= 0.6 is 0 Å². The molecular weight excluding hydrogens is 342 g/mol. The number of rotatable bonds is 6. The van der Waals surface area contributed by atoms with Gasteiger partial charge in [0.1, 0.15) is 18.4 Å². The maximum atomic E-state index is 11.2. The number of nitrogens with zero attached hydrogens (tertiary/aromatic N) is 4. The maximum absolute atomic E-state index is 11.2. The number of carbonyl (C=O) groups is 1. The van der Waals surface area contributed by atoms with E-state index in [1.165, 1.54) is 5.56 Å². The molecule has 1 amide bonds. The molecule has 2 N–H and O–H groups in total. The Balaban J connectivity index is 1.39. The molecule has 1 aliphatic rings.